The lowest BCUT2D eigenvalue weighted by atomic mass is 10.1. The number of methoxy groups -OCH3 is 1. The lowest BCUT2D eigenvalue weighted by molar-refractivity contribution is 0.0600. The Morgan fingerprint density at radius 3 is 2.36 bits per heavy atom. The van der Waals surface area contributed by atoms with E-state index in [1.807, 2.05) is 6.92 Å². The number of rotatable bonds is 6. The Hall–Kier alpha value is -3.15. The van der Waals surface area contributed by atoms with Crippen molar-refractivity contribution in [2.45, 2.75) is 13.8 Å². The van der Waals surface area contributed by atoms with E-state index < -0.39 is 11.9 Å². The van der Waals surface area contributed by atoms with E-state index in [-0.39, 0.29) is 11.3 Å². The normalized spacial score (nSPS) is 10.0. The number of nitrogens with one attached hydrogen (secondary N) is 1. The van der Waals surface area contributed by atoms with Gasteiger partial charge in [-0.25, -0.2) is 4.79 Å². The van der Waals surface area contributed by atoms with Crippen molar-refractivity contribution in [2.75, 3.05) is 19.0 Å². The largest absolute Gasteiger partial charge is 0.492 e. The maximum atomic E-state index is 12.5. The van der Waals surface area contributed by atoms with Crippen LogP contribution in [0.2, 0.25) is 0 Å². The molecule has 0 spiro atoms. The first-order valence-electron chi connectivity index (χ1n) is 7.73. The molecule has 2 rings (SSSR count). The van der Waals surface area contributed by atoms with Gasteiger partial charge in [0.25, 0.3) is 5.91 Å². The fourth-order valence-electron chi connectivity index (χ4n) is 2.23. The minimum absolute atomic E-state index is 0.119. The van der Waals surface area contributed by atoms with Gasteiger partial charge in [0.2, 0.25) is 0 Å². The first-order valence-corrected chi connectivity index (χ1v) is 7.73. The van der Waals surface area contributed by atoms with Gasteiger partial charge >= 0.3 is 5.97 Å². The predicted octanol–water partition coefficient (Wildman–Crippen LogP) is 3.33. The molecule has 0 aliphatic heterocycles. The van der Waals surface area contributed by atoms with Gasteiger partial charge in [-0.05, 0) is 50.2 Å². The fraction of sp³-hybridized carbons (Fsp3) is 0.211. The standard InChI is InChI=1S/C19H19NO5/c1-4-25-17-9-8-13(12(2)21)11-16(17)20-18(22)14-6-5-7-15(10-14)19(23)24-3/h5-11H,4H2,1-3H3,(H,20,22). The van der Waals surface area contributed by atoms with Crippen LogP contribution < -0.4 is 10.1 Å². The van der Waals surface area contributed by atoms with Crippen molar-refractivity contribution < 1.29 is 23.9 Å². The third-order valence-corrected chi connectivity index (χ3v) is 3.48. The van der Waals surface area contributed by atoms with Gasteiger partial charge in [-0.1, -0.05) is 6.07 Å². The van der Waals surface area contributed by atoms with Gasteiger partial charge in [0.05, 0.1) is 25.0 Å². The van der Waals surface area contributed by atoms with Crippen molar-refractivity contribution in [3.05, 3.63) is 59.2 Å². The molecule has 0 saturated carbocycles. The third kappa shape index (κ3) is 4.44. The Morgan fingerprint density at radius 1 is 1.00 bits per heavy atom. The van der Waals surface area contributed by atoms with Crippen LogP contribution in [0.15, 0.2) is 42.5 Å². The molecule has 0 aromatic heterocycles. The number of ketones is 1. The molecule has 6 nitrogen and oxygen atoms in total. The molecule has 0 unspecified atom stereocenters. The van der Waals surface area contributed by atoms with Gasteiger partial charge in [-0.15, -0.1) is 0 Å². The molecule has 0 radical (unpaired) electrons. The molecule has 0 bridgehead atoms. The lowest BCUT2D eigenvalue weighted by Crippen LogP contribution is -2.14. The molecule has 0 aliphatic carbocycles. The number of Topliss-reactive ketones (excluding diaryl/α,β-unsaturated/α-hetero) is 1. The highest BCUT2D eigenvalue weighted by Gasteiger charge is 2.14. The number of benzene rings is 2. The second-order valence-electron chi connectivity index (χ2n) is 5.23. The maximum absolute atomic E-state index is 12.5. The van der Waals surface area contributed by atoms with Crippen LogP contribution in [0.5, 0.6) is 5.75 Å². The second-order valence-corrected chi connectivity index (χ2v) is 5.23. The number of carbonyl (C=O) groups excluding carboxylic acids is 3. The second kappa shape index (κ2) is 8.10. The van der Waals surface area contributed by atoms with Crippen LogP contribution >= 0.6 is 0 Å². The smallest absolute Gasteiger partial charge is 0.337 e. The van der Waals surface area contributed by atoms with Gasteiger partial charge in [-0.2, -0.15) is 0 Å². The summed E-state index contributed by atoms with van der Waals surface area (Å²) in [5.74, 6) is -0.605. The Morgan fingerprint density at radius 2 is 1.72 bits per heavy atom. The summed E-state index contributed by atoms with van der Waals surface area (Å²) in [4.78, 5) is 35.7. The maximum Gasteiger partial charge on any atom is 0.337 e. The minimum Gasteiger partial charge on any atom is -0.492 e. The molecule has 0 saturated heterocycles. The van der Waals surface area contributed by atoms with Crippen LogP contribution in [0.25, 0.3) is 0 Å². The van der Waals surface area contributed by atoms with Crippen molar-refractivity contribution in [3.63, 3.8) is 0 Å². The quantitative estimate of drug-likeness (QED) is 0.644. The van der Waals surface area contributed by atoms with E-state index in [0.29, 0.717) is 29.2 Å². The topological polar surface area (TPSA) is 81.7 Å². The van der Waals surface area contributed by atoms with Crippen molar-refractivity contribution in [1.29, 1.82) is 0 Å². The summed E-state index contributed by atoms with van der Waals surface area (Å²) in [7, 11) is 1.27. The zero-order chi connectivity index (χ0) is 18.4. The molecule has 1 N–H and O–H groups in total. The number of hydrogen-bond acceptors (Lipinski definition) is 5. The van der Waals surface area contributed by atoms with Crippen LogP contribution in [0, 0.1) is 0 Å². The average molecular weight is 341 g/mol. The van der Waals surface area contributed by atoms with E-state index >= 15 is 0 Å². The highest BCUT2D eigenvalue weighted by molar-refractivity contribution is 6.07. The van der Waals surface area contributed by atoms with Gasteiger partial charge in [0, 0.05) is 11.1 Å². The summed E-state index contributed by atoms with van der Waals surface area (Å²) in [6.45, 7) is 3.69. The van der Waals surface area contributed by atoms with Gasteiger partial charge in [0.15, 0.2) is 5.78 Å². The first kappa shape index (κ1) is 18.2. The number of ether oxygens (including phenoxy) is 2. The number of anilines is 1. The average Bonchev–Trinajstić information content (AvgIpc) is 2.62. The Kier molecular flexibility index (Phi) is 5.89. The van der Waals surface area contributed by atoms with E-state index in [4.69, 9.17) is 4.74 Å². The number of hydrogen-bond donors (Lipinski definition) is 1. The van der Waals surface area contributed by atoms with Crippen LogP contribution in [0.4, 0.5) is 5.69 Å². The number of carbonyl (C=O) groups is 3. The van der Waals surface area contributed by atoms with Crippen molar-refractivity contribution in [2.24, 2.45) is 0 Å². The van der Waals surface area contributed by atoms with E-state index in [1.165, 1.54) is 20.1 Å². The van der Waals surface area contributed by atoms with Crippen molar-refractivity contribution in [3.8, 4) is 5.75 Å². The van der Waals surface area contributed by atoms with E-state index in [0.717, 1.165) is 0 Å². The SMILES string of the molecule is CCOc1ccc(C(C)=O)cc1NC(=O)c1cccc(C(=O)OC)c1. The summed E-state index contributed by atoms with van der Waals surface area (Å²) >= 11 is 0. The Bertz CT molecular complexity index is 813. The minimum atomic E-state index is -0.525. The first-order chi connectivity index (χ1) is 12.0. The lowest BCUT2D eigenvalue weighted by Gasteiger charge is -2.13. The molecule has 0 atom stereocenters. The van der Waals surface area contributed by atoms with E-state index in [9.17, 15) is 14.4 Å². The van der Waals surface area contributed by atoms with E-state index in [2.05, 4.69) is 10.1 Å². The van der Waals surface area contributed by atoms with Crippen molar-refractivity contribution in [1.82, 2.24) is 0 Å². The molecular weight excluding hydrogens is 322 g/mol. The molecule has 6 heteroatoms. The van der Waals surface area contributed by atoms with E-state index in [1.54, 1.807) is 36.4 Å². The molecule has 2 aromatic rings. The number of esters is 1. The summed E-state index contributed by atoms with van der Waals surface area (Å²) in [5.41, 5.74) is 1.42. The molecule has 0 heterocycles. The zero-order valence-electron chi connectivity index (χ0n) is 14.3. The zero-order valence-corrected chi connectivity index (χ0v) is 14.3. The third-order valence-electron chi connectivity index (χ3n) is 3.48. The summed E-state index contributed by atoms with van der Waals surface area (Å²) in [5, 5.41) is 2.72. The Balaban J connectivity index is 2.32. The van der Waals surface area contributed by atoms with Crippen LogP contribution in [0.1, 0.15) is 44.9 Å². The molecule has 2 aromatic carbocycles. The summed E-state index contributed by atoms with van der Waals surface area (Å²) in [6, 6.07) is 11.0. The van der Waals surface area contributed by atoms with Crippen LogP contribution in [0.3, 0.4) is 0 Å². The monoisotopic (exact) mass is 341 g/mol. The molecule has 130 valence electrons. The predicted molar refractivity (Wildman–Crippen MR) is 93.4 cm³/mol. The highest BCUT2D eigenvalue weighted by atomic mass is 16.5. The molecule has 25 heavy (non-hydrogen) atoms. The fourth-order valence-corrected chi connectivity index (χ4v) is 2.23. The van der Waals surface area contributed by atoms with Gasteiger partial charge in [0.1, 0.15) is 5.75 Å². The van der Waals surface area contributed by atoms with Crippen molar-refractivity contribution >= 4 is 23.3 Å². The molecule has 1 amide bonds. The number of amides is 1. The van der Waals surface area contributed by atoms with Gasteiger partial charge < -0.3 is 14.8 Å². The molecule has 0 fully saturated rings. The summed E-state index contributed by atoms with van der Waals surface area (Å²) in [6.07, 6.45) is 0. The van der Waals surface area contributed by atoms with Crippen LogP contribution in [-0.4, -0.2) is 31.4 Å². The molecule has 0 aliphatic rings. The Labute approximate surface area is 145 Å². The molecular formula is C19H19NO5. The van der Waals surface area contributed by atoms with Crippen LogP contribution in [-0.2, 0) is 4.74 Å². The summed E-state index contributed by atoms with van der Waals surface area (Å²) < 4.78 is 10.1. The van der Waals surface area contributed by atoms with Gasteiger partial charge in [-0.3, -0.25) is 9.59 Å². The highest BCUT2D eigenvalue weighted by Crippen LogP contribution is 2.27.